The summed E-state index contributed by atoms with van der Waals surface area (Å²) < 4.78 is 21.4. The molecular formula is C15H15NO5. The smallest absolute Gasteiger partial charge is 0.231 e. The number of benzene rings is 1. The van der Waals surface area contributed by atoms with E-state index in [9.17, 15) is 5.11 Å². The van der Waals surface area contributed by atoms with Gasteiger partial charge in [0.2, 0.25) is 12.7 Å². The molecule has 0 aliphatic carbocycles. The van der Waals surface area contributed by atoms with Crippen LogP contribution in [0.2, 0.25) is 0 Å². The molecule has 0 radical (unpaired) electrons. The lowest BCUT2D eigenvalue weighted by Crippen LogP contribution is -2.01. The van der Waals surface area contributed by atoms with Crippen LogP contribution < -0.4 is 18.9 Å². The van der Waals surface area contributed by atoms with Gasteiger partial charge in [-0.15, -0.1) is 0 Å². The molecular weight excluding hydrogens is 274 g/mol. The maximum atomic E-state index is 9.42. The number of aliphatic hydroxyl groups excluding tert-OH is 1. The minimum atomic E-state index is -0.141. The second-order valence-corrected chi connectivity index (χ2v) is 4.43. The molecule has 1 aromatic carbocycles. The van der Waals surface area contributed by atoms with Crippen molar-refractivity contribution in [2.75, 3.05) is 13.9 Å². The number of rotatable bonds is 5. The van der Waals surface area contributed by atoms with Crippen LogP contribution in [0.3, 0.4) is 0 Å². The van der Waals surface area contributed by atoms with Crippen molar-refractivity contribution >= 4 is 0 Å². The summed E-state index contributed by atoms with van der Waals surface area (Å²) in [6, 6.07) is 8.89. The van der Waals surface area contributed by atoms with Crippen molar-refractivity contribution in [2.45, 2.75) is 13.2 Å². The first-order valence-corrected chi connectivity index (χ1v) is 6.46. The molecule has 1 aliphatic heterocycles. The molecule has 21 heavy (non-hydrogen) atoms. The van der Waals surface area contributed by atoms with E-state index in [0.717, 1.165) is 5.69 Å². The van der Waals surface area contributed by atoms with Crippen LogP contribution in [0.5, 0.6) is 23.1 Å². The number of ether oxygens (including phenoxy) is 4. The number of aromatic nitrogens is 1. The van der Waals surface area contributed by atoms with Gasteiger partial charge in [0.25, 0.3) is 0 Å². The summed E-state index contributed by atoms with van der Waals surface area (Å²) in [6.45, 7) is 0.308. The van der Waals surface area contributed by atoms with E-state index < -0.39 is 0 Å². The van der Waals surface area contributed by atoms with Crippen LogP contribution in [-0.2, 0) is 13.2 Å². The first-order valence-electron chi connectivity index (χ1n) is 6.46. The lowest BCUT2D eigenvalue weighted by atomic mass is 10.2. The van der Waals surface area contributed by atoms with Gasteiger partial charge in [0.1, 0.15) is 12.4 Å². The Kier molecular flexibility index (Phi) is 3.79. The number of aliphatic hydroxyl groups is 1. The normalized spacial score (nSPS) is 12.3. The summed E-state index contributed by atoms with van der Waals surface area (Å²) in [5.74, 6) is 2.31. The third-order valence-corrected chi connectivity index (χ3v) is 3.09. The lowest BCUT2D eigenvalue weighted by molar-refractivity contribution is 0.173. The van der Waals surface area contributed by atoms with E-state index in [2.05, 4.69) is 4.98 Å². The topological polar surface area (TPSA) is 70.0 Å². The van der Waals surface area contributed by atoms with E-state index in [1.54, 1.807) is 25.3 Å². The van der Waals surface area contributed by atoms with Crippen LogP contribution in [0.4, 0.5) is 0 Å². The third kappa shape index (κ3) is 2.85. The summed E-state index contributed by atoms with van der Waals surface area (Å²) in [6.07, 6.45) is 0. The molecule has 2 heterocycles. The first-order chi connectivity index (χ1) is 10.3. The van der Waals surface area contributed by atoms with Gasteiger partial charge in [-0.25, -0.2) is 4.98 Å². The SMILES string of the molecule is COc1cccc(COc2cc3c(cc2CO)OCO3)n1. The molecule has 1 aromatic heterocycles. The Hall–Kier alpha value is -2.47. The summed E-state index contributed by atoms with van der Waals surface area (Å²) >= 11 is 0. The van der Waals surface area contributed by atoms with Crippen molar-refractivity contribution in [3.63, 3.8) is 0 Å². The Morgan fingerprint density at radius 2 is 2.05 bits per heavy atom. The summed E-state index contributed by atoms with van der Waals surface area (Å²) in [4.78, 5) is 4.27. The van der Waals surface area contributed by atoms with E-state index in [4.69, 9.17) is 18.9 Å². The van der Waals surface area contributed by atoms with Crippen LogP contribution in [0, 0.1) is 0 Å². The number of fused-ring (bicyclic) bond motifs is 1. The fraction of sp³-hybridized carbons (Fsp3) is 0.267. The Morgan fingerprint density at radius 1 is 1.24 bits per heavy atom. The Labute approximate surface area is 121 Å². The Morgan fingerprint density at radius 3 is 2.81 bits per heavy atom. The highest BCUT2D eigenvalue weighted by Crippen LogP contribution is 2.38. The van der Waals surface area contributed by atoms with E-state index in [0.29, 0.717) is 28.7 Å². The quantitative estimate of drug-likeness (QED) is 0.906. The lowest BCUT2D eigenvalue weighted by Gasteiger charge is -2.11. The number of nitrogens with zero attached hydrogens (tertiary/aromatic N) is 1. The molecule has 1 N–H and O–H groups in total. The van der Waals surface area contributed by atoms with E-state index >= 15 is 0 Å². The van der Waals surface area contributed by atoms with Crippen LogP contribution in [0.1, 0.15) is 11.3 Å². The molecule has 0 bridgehead atoms. The predicted molar refractivity (Wildman–Crippen MR) is 73.6 cm³/mol. The van der Waals surface area contributed by atoms with Crippen LogP contribution in [-0.4, -0.2) is 24.0 Å². The molecule has 3 rings (SSSR count). The molecule has 0 saturated heterocycles. The molecule has 0 spiro atoms. The van der Waals surface area contributed by atoms with Crippen molar-refractivity contribution in [2.24, 2.45) is 0 Å². The monoisotopic (exact) mass is 289 g/mol. The van der Waals surface area contributed by atoms with Crippen molar-refractivity contribution in [1.82, 2.24) is 4.98 Å². The fourth-order valence-corrected chi connectivity index (χ4v) is 2.03. The van der Waals surface area contributed by atoms with E-state index in [-0.39, 0.29) is 20.0 Å². The van der Waals surface area contributed by atoms with Gasteiger partial charge >= 0.3 is 0 Å². The maximum absolute atomic E-state index is 9.42. The minimum Gasteiger partial charge on any atom is -0.487 e. The van der Waals surface area contributed by atoms with Crippen LogP contribution >= 0.6 is 0 Å². The van der Waals surface area contributed by atoms with Gasteiger partial charge in [0.15, 0.2) is 11.5 Å². The largest absolute Gasteiger partial charge is 0.487 e. The molecule has 1 aliphatic rings. The third-order valence-electron chi connectivity index (χ3n) is 3.09. The van der Waals surface area contributed by atoms with Gasteiger partial charge in [-0.1, -0.05) is 6.07 Å². The second kappa shape index (κ2) is 5.88. The van der Waals surface area contributed by atoms with Gasteiger partial charge in [0, 0.05) is 17.7 Å². The van der Waals surface area contributed by atoms with Crippen molar-refractivity contribution < 1.29 is 24.1 Å². The van der Waals surface area contributed by atoms with Gasteiger partial charge < -0.3 is 24.1 Å². The standard InChI is InChI=1S/C15H15NO5/c1-18-15-4-2-3-11(16-15)8-19-12-6-14-13(20-9-21-14)5-10(12)7-17/h2-6,17H,7-9H2,1H3. The fourth-order valence-electron chi connectivity index (χ4n) is 2.03. The zero-order chi connectivity index (χ0) is 14.7. The second-order valence-electron chi connectivity index (χ2n) is 4.43. The predicted octanol–water partition coefficient (Wildman–Crippen LogP) is 1.89. The molecule has 110 valence electrons. The number of hydrogen-bond donors (Lipinski definition) is 1. The van der Waals surface area contributed by atoms with Crippen molar-refractivity contribution in [1.29, 1.82) is 0 Å². The van der Waals surface area contributed by atoms with Gasteiger partial charge in [-0.3, -0.25) is 0 Å². The zero-order valence-corrected chi connectivity index (χ0v) is 11.5. The number of hydrogen-bond acceptors (Lipinski definition) is 6. The molecule has 0 fully saturated rings. The average Bonchev–Trinajstić information content (AvgIpc) is 2.99. The maximum Gasteiger partial charge on any atom is 0.231 e. The molecule has 6 nitrogen and oxygen atoms in total. The Bertz CT molecular complexity index is 644. The molecule has 0 unspecified atom stereocenters. The molecule has 0 atom stereocenters. The van der Waals surface area contributed by atoms with Crippen molar-refractivity contribution in [3.05, 3.63) is 41.6 Å². The molecule has 2 aromatic rings. The van der Waals surface area contributed by atoms with Crippen LogP contribution in [0.25, 0.3) is 0 Å². The van der Waals surface area contributed by atoms with E-state index in [1.165, 1.54) is 0 Å². The summed E-state index contributed by atoms with van der Waals surface area (Å²) in [5.41, 5.74) is 1.37. The molecule has 0 amide bonds. The highest BCUT2D eigenvalue weighted by molar-refractivity contribution is 5.51. The van der Waals surface area contributed by atoms with Gasteiger partial charge in [-0.05, 0) is 12.1 Å². The van der Waals surface area contributed by atoms with Gasteiger partial charge in [-0.2, -0.15) is 0 Å². The van der Waals surface area contributed by atoms with E-state index in [1.807, 2.05) is 12.1 Å². The first kappa shape index (κ1) is 13.5. The van der Waals surface area contributed by atoms with Gasteiger partial charge in [0.05, 0.1) is 19.4 Å². The minimum absolute atomic E-state index is 0.141. The summed E-state index contributed by atoms with van der Waals surface area (Å²) in [5, 5.41) is 9.42. The number of pyridine rings is 1. The van der Waals surface area contributed by atoms with Crippen LogP contribution in [0.15, 0.2) is 30.3 Å². The summed E-state index contributed by atoms with van der Waals surface area (Å²) in [7, 11) is 1.56. The zero-order valence-electron chi connectivity index (χ0n) is 11.5. The highest BCUT2D eigenvalue weighted by atomic mass is 16.7. The number of methoxy groups -OCH3 is 1. The van der Waals surface area contributed by atoms with Crippen molar-refractivity contribution in [3.8, 4) is 23.1 Å². The Balaban J connectivity index is 1.78. The molecule has 0 saturated carbocycles. The molecule has 6 heteroatoms. The average molecular weight is 289 g/mol. The highest BCUT2D eigenvalue weighted by Gasteiger charge is 2.17.